The van der Waals surface area contributed by atoms with E-state index in [0.717, 1.165) is 31.2 Å². The van der Waals surface area contributed by atoms with E-state index in [4.69, 9.17) is 5.41 Å². The number of carboxylic acids is 1. The van der Waals surface area contributed by atoms with Gasteiger partial charge in [-0.2, -0.15) is 0 Å². The van der Waals surface area contributed by atoms with Crippen LogP contribution in [0.4, 0.5) is 23.2 Å². The third kappa shape index (κ3) is 5.92. The van der Waals surface area contributed by atoms with Crippen molar-refractivity contribution in [2.24, 2.45) is 5.92 Å². The summed E-state index contributed by atoms with van der Waals surface area (Å²) in [6, 6.07) is 7.01. The number of carboxylic acid groups (broad SMARTS) is 1. The fourth-order valence-corrected chi connectivity index (χ4v) is 4.28. The maximum atomic E-state index is 14.7. The molecule has 0 aromatic heterocycles. The zero-order chi connectivity index (χ0) is 27.0. The molecule has 2 saturated carbocycles. The largest absolute Gasteiger partial charge is 0.573 e. The number of nitrogens with one attached hydrogen (secondary N) is 3. The van der Waals surface area contributed by atoms with Crippen LogP contribution < -0.4 is 15.4 Å². The van der Waals surface area contributed by atoms with Crippen LogP contribution >= 0.6 is 0 Å². The van der Waals surface area contributed by atoms with E-state index in [9.17, 15) is 32.3 Å². The number of carbonyl (C=O) groups is 2. The van der Waals surface area contributed by atoms with Crippen LogP contribution in [0.15, 0.2) is 42.6 Å². The molecular weight excluding hydrogens is 494 g/mol. The predicted molar refractivity (Wildman–Crippen MR) is 128 cm³/mol. The number of allylic oxidation sites excluding steroid dienone is 1. The minimum absolute atomic E-state index is 0.0699. The first-order chi connectivity index (χ1) is 17.4. The Kier molecular flexibility index (Phi) is 6.98. The summed E-state index contributed by atoms with van der Waals surface area (Å²) in [5, 5.41) is 23.3. The molecule has 0 bridgehead atoms. The maximum Gasteiger partial charge on any atom is 0.573 e. The van der Waals surface area contributed by atoms with E-state index < -0.39 is 35.2 Å². The van der Waals surface area contributed by atoms with Crippen molar-refractivity contribution in [1.29, 1.82) is 5.41 Å². The Hall–Kier alpha value is -3.89. The Morgan fingerprint density at radius 1 is 1.16 bits per heavy atom. The van der Waals surface area contributed by atoms with Crippen molar-refractivity contribution in [3.63, 3.8) is 0 Å². The van der Waals surface area contributed by atoms with Crippen LogP contribution in [0.3, 0.4) is 0 Å². The molecule has 1 amide bonds. The molecule has 0 radical (unpaired) electrons. The van der Waals surface area contributed by atoms with Gasteiger partial charge in [-0.3, -0.25) is 4.79 Å². The van der Waals surface area contributed by atoms with Gasteiger partial charge in [-0.15, -0.1) is 13.2 Å². The Balaban J connectivity index is 1.54. The standard InChI is InChI=1S/C26H25F4N3O4/c1-14(15-2-3-15)32-13-16(12-31)19-6-4-17(10-20(19)23(34)35)33-24(36)25(8-9-25)21-7-5-18(11-22(21)27)37-26(28,29)30/h4-7,10-15,31-32H,2-3,8-9H2,1H3,(H,33,36)(H,34,35)/b16-13+,31-12?. The molecule has 0 heterocycles. The van der Waals surface area contributed by atoms with Crippen LogP contribution in [-0.2, 0) is 10.2 Å². The van der Waals surface area contributed by atoms with E-state index in [1.165, 1.54) is 18.2 Å². The molecule has 2 aliphatic carbocycles. The van der Waals surface area contributed by atoms with Gasteiger partial charge in [0.05, 0.1) is 11.0 Å². The maximum absolute atomic E-state index is 14.7. The lowest BCUT2D eigenvalue weighted by atomic mass is 9.93. The van der Waals surface area contributed by atoms with Crippen LogP contribution in [-0.4, -0.2) is 35.6 Å². The smallest absolute Gasteiger partial charge is 0.478 e. The van der Waals surface area contributed by atoms with Gasteiger partial charge in [-0.05, 0) is 62.3 Å². The molecule has 2 fully saturated rings. The monoisotopic (exact) mass is 519 g/mol. The zero-order valence-electron chi connectivity index (χ0n) is 19.8. The first-order valence-corrected chi connectivity index (χ1v) is 11.6. The number of rotatable bonds is 10. The number of benzene rings is 2. The second-order valence-electron chi connectivity index (χ2n) is 9.33. The van der Waals surface area contributed by atoms with E-state index in [1.54, 1.807) is 6.20 Å². The zero-order valence-corrected chi connectivity index (χ0v) is 19.8. The van der Waals surface area contributed by atoms with E-state index in [0.29, 0.717) is 17.6 Å². The van der Waals surface area contributed by atoms with Crippen molar-refractivity contribution < 1.29 is 37.0 Å². The molecule has 0 aliphatic heterocycles. The summed E-state index contributed by atoms with van der Waals surface area (Å²) in [4.78, 5) is 25.0. The van der Waals surface area contributed by atoms with E-state index >= 15 is 0 Å². The molecule has 4 rings (SSSR count). The van der Waals surface area contributed by atoms with Gasteiger partial charge in [-0.25, -0.2) is 9.18 Å². The Morgan fingerprint density at radius 2 is 1.86 bits per heavy atom. The summed E-state index contributed by atoms with van der Waals surface area (Å²) in [6.45, 7) is 2.01. The van der Waals surface area contributed by atoms with Crippen LogP contribution in [0.1, 0.15) is 54.1 Å². The summed E-state index contributed by atoms with van der Waals surface area (Å²) >= 11 is 0. The van der Waals surface area contributed by atoms with Crippen molar-refractivity contribution >= 4 is 29.4 Å². The number of carbonyl (C=O) groups excluding carboxylic acids is 1. The number of hydrogen-bond donors (Lipinski definition) is 4. The Labute approximate surface area is 210 Å². The lowest BCUT2D eigenvalue weighted by molar-refractivity contribution is -0.274. The van der Waals surface area contributed by atoms with Gasteiger partial charge >= 0.3 is 12.3 Å². The third-order valence-corrected chi connectivity index (χ3v) is 6.68. The number of halogens is 4. The minimum atomic E-state index is -4.98. The quantitative estimate of drug-likeness (QED) is 0.246. The van der Waals surface area contributed by atoms with Gasteiger partial charge in [0.15, 0.2) is 0 Å². The van der Waals surface area contributed by atoms with E-state index in [2.05, 4.69) is 15.4 Å². The molecule has 196 valence electrons. The summed E-state index contributed by atoms with van der Waals surface area (Å²) in [6.07, 6.45) is 0.441. The lowest BCUT2D eigenvalue weighted by Gasteiger charge is -2.18. The molecule has 7 nitrogen and oxygen atoms in total. The van der Waals surface area contributed by atoms with Crippen LogP contribution in [0, 0.1) is 17.1 Å². The summed E-state index contributed by atoms with van der Waals surface area (Å²) in [5.74, 6) is -3.07. The molecule has 2 aromatic rings. The molecule has 1 atom stereocenters. The number of amides is 1. The fourth-order valence-electron chi connectivity index (χ4n) is 4.28. The van der Waals surface area contributed by atoms with Crippen molar-refractivity contribution in [2.75, 3.05) is 5.32 Å². The number of aromatic carboxylic acids is 1. The molecule has 4 N–H and O–H groups in total. The van der Waals surface area contributed by atoms with Gasteiger partial charge in [0.25, 0.3) is 0 Å². The molecule has 1 unspecified atom stereocenters. The van der Waals surface area contributed by atoms with Crippen molar-refractivity contribution in [1.82, 2.24) is 5.32 Å². The SMILES string of the molecule is CC(N/C=C(\C=N)c1ccc(NC(=O)C2(c3ccc(OC(F)(F)F)cc3F)CC2)cc1C(=O)O)C1CC1. The second kappa shape index (κ2) is 9.87. The van der Waals surface area contributed by atoms with Crippen LogP contribution in [0.2, 0.25) is 0 Å². The highest BCUT2D eigenvalue weighted by Crippen LogP contribution is 2.50. The molecule has 0 saturated heterocycles. The van der Waals surface area contributed by atoms with Gasteiger partial charge in [-0.1, -0.05) is 12.1 Å². The Morgan fingerprint density at radius 3 is 2.41 bits per heavy atom. The number of anilines is 1. The topological polar surface area (TPSA) is 112 Å². The van der Waals surface area contributed by atoms with Gasteiger partial charge in [0, 0.05) is 41.3 Å². The average molecular weight is 519 g/mol. The number of ether oxygens (including phenoxy) is 1. The summed E-state index contributed by atoms with van der Waals surface area (Å²) in [5.41, 5.74) is -0.713. The van der Waals surface area contributed by atoms with Crippen molar-refractivity contribution in [2.45, 2.75) is 50.4 Å². The van der Waals surface area contributed by atoms with Crippen molar-refractivity contribution in [3.05, 3.63) is 65.1 Å². The molecule has 11 heteroatoms. The normalized spacial score (nSPS) is 17.5. The van der Waals surface area contributed by atoms with Crippen molar-refractivity contribution in [3.8, 4) is 5.75 Å². The number of hydrogen-bond acceptors (Lipinski definition) is 5. The Bertz CT molecular complexity index is 1270. The molecule has 0 spiro atoms. The predicted octanol–water partition coefficient (Wildman–Crippen LogP) is 5.47. The first-order valence-electron chi connectivity index (χ1n) is 11.6. The molecule has 37 heavy (non-hydrogen) atoms. The minimum Gasteiger partial charge on any atom is -0.478 e. The van der Waals surface area contributed by atoms with Crippen LogP contribution in [0.5, 0.6) is 5.75 Å². The number of alkyl halides is 3. The van der Waals surface area contributed by atoms with Gasteiger partial charge < -0.3 is 25.9 Å². The summed E-state index contributed by atoms with van der Waals surface area (Å²) < 4.78 is 55.7. The van der Waals surface area contributed by atoms with Gasteiger partial charge in [0.1, 0.15) is 11.6 Å². The van der Waals surface area contributed by atoms with E-state index in [-0.39, 0.29) is 41.3 Å². The highest BCUT2D eigenvalue weighted by molar-refractivity contribution is 6.12. The highest BCUT2D eigenvalue weighted by atomic mass is 19.4. The third-order valence-electron chi connectivity index (χ3n) is 6.68. The molecule has 2 aliphatic rings. The highest BCUT2D eigenvalue weighted by Gasteiger charge is 2.53. The first kappa shape index (κ1) is 26.2. The summed E-state index contributed by atoms with van der Waals surface area (Å²) in [7, 11) is 0. The molecular formula is C26H25F4N3O4. The lowest BCUT2D eigenvalue weighted by Crippen LogP contribution is -2.29. The van der Waals surface area contributed by atoms with Gasteiger partial charge in [0.2, 0.25) is 5.91 Å². The fraction of sp³-hybridized carbons (Fsp3) is 0.346. The van der Waals surface area contributed by atoms with E-state index in [1.807, 2.05) is 6.92 Å². The second-order valence-corrected chi connectivity index (χ2v) is 9.33. The molecule has 2 aromatic carbocycles. The average Bonchev–Trinajstić information content (AvgIpc) is 3.73. The van der Waals surface area contributed by atoms with Crippen LogP contribution in [0.25, 0.3) is 5.57 Å².